The Labute approximate surface area is 262 Å². The van der Waals surface area contributed by atoms with E-state index in [4.69, 9.17) is 14.8 Å². The summed E-state index contributed by atoms with van der Waals surface area (Å²) in [5, 5.41) is 29.6. The molecule has 0 amide bonds. The largest absolute Gasteiger partial charge is 0.388 e. The van der Waals surface area contributed by atoms with Crippen molar-refractivity contribution < 1.29 is 9.84 Å². The van der Waals surface area contributed by atoms with Crippen molar-refractivity contribution in [3.8, 4) is 22.5 Å². The highest BCUT2D eigenvalue weighted by molar-refractivity contribution is 5.80. The summed E-state index contributed by atoms with van der Waals surface area (Å²) in [6, 6.07) is 16.4. The Kier molecular flexibility index (Phi) is 8.65. The summed E-state index contributed by atoms with van der Waals surface area (Å²) >= 11 is 0. The molecule has 1 atom stereocenters. The van der Waals surface area contributed by atoms with Gasteiger partial charge in [-0.15, -0.1) is 5.10 Å². The molecule has 2 N–H and O–H groups in total. The topological polar surface area (TPSA) is 136 Å². The zero-order valence-corrected chi connectivity index (χ0v) is 26.7. The second-order valence-corrected chi connectivity index (χ2v) is 12.8. The molecule has 1 fully saturated rings. The number of hydrogen-bond donors (Lipinski definition) is 2. The lowest BCUT2D eigenvalue weighted by Gasteiger charge is -2.35. The van der Waals surface area contributed by atoms with E-state index in [1.807, 2.05) is 41.1 Å². The third-order valence-corrected chi connectivity index (χ3v) is 9.05. The molecule has 0 bridgehead atoms. The Morgan fingerprint density at radius 3 is 2.42 bits per heavy atom. The molecule has 1 aliphatic carbocycles. The van der Waals surface area contributed by atoms with Crippen LogP contribution in [0.5, 0.6) is 0 Å². The normalized spacial score (nSPS) is 18.0. The first kappa shape index (κ1) is 30.8. The van der Waals surface area contributed by atoms with Gasteiger partial charge in [-0.1, -0.05) is 61.9 Å². The predicted octanol–water partition coefficient (Wildman–Crippen LogP) is 5.25. The van der Waals surface area contributed by atoms with Gasteiger partial charge >= 0.3 is 0 Å². The van der Waals surface area contributed by atoms with Gasteiger partial charge in [0.05, 0.1) is 23.5 Å². The molecule has 3 aromatic heterocycles. The van der Waals surface area contributed by atoms with Crippen LogP contribution in [0.4, 0.5) is 0 Å². The molecular weight excluding hydrogens is 568 g/mol. The molecule has 11 heteroatoms. The first-order valence-electron chi connectivity index (χ1n) is 15.9. The van der Waals surface area contributed by atoms with E-state index < -0.39 is 5.60 Å². The fraction of sp³-hybridized carbons (Fsp3) is 0.471. The third-order valence-electron chi connectivity index (χ3n) is 9.05. The van der Waals surface area contributed by atoms with Crippen LogP contribution in [0.15, 0.2) is 53.3 Å². The lowest BCUT2D eigenvalue weighted by Crippen LogP contribution is -2.40. The average Bonchev–Trinajstić information content (AvgIpc) is 3.70. The molecule has 236 valence electrons. The SMILES string of the molecule is CCCc1c(Cc2ccc(-c3ccccc3-c3nnn[nH]3)cc2)c(=O)n([C@H]2CC[C@H](OC(C)C(C)(C)O)CC2)c2nc(C)nn12. The molecule has 5 aromatic rings. The molecule has 2 aromatic carbocycles. The number of aromatic nitrogens is 8. The number of aryl methyl sites for hydroxylation is 2. The highest BCUT2D eigenvalue weighted by Gasteiger charge is 2.32. The molecule has 6 rings (SSSR count). The van der Waals surface area contributed by atoms with E-state index in [1.54, 1.807) is 13.8 Å². The maximum Gasteiger partial charge on any atom is 0.259 e. The molecule has 0 spiro atoms. The minimum absolute atomic E-state index is 0.000206. The summed E-state index contributed by atoms with van der Waals surface area (Å²) in [5.74, 6) is 1.88. The molecule has 1 unspecified atom stereocenters. The zero-order valence-electron chi connectivity index (χ0n) is 26.7. The van der Waals surface area contributed by atoms with E-state index in [0.717, 1.165) is 72.0 Å². The van der Waals surface area contributed by atoms with Crippen molar-refractivity contribution in [2.45, 2.75) is 103 Å². The van der Waals surface area contributed by atoms with Gasteiger partial charge in [0.1, 0.15) is 5.82 Å². The van der Waals surface area contributed by atoms with Gasteiger partial charge in [0.15, 0.2) is 5.82 Å². The van der Waals surface area contributed by atoms with Crippen LogP contribution in [0.1, 0.15) is 88.5 Å². The van der Waals surface area contributed by atoms with Crippen molar-refractivity contribution in [1.29, 1.82) is 0 Å². The number of tetrazole rings is 1. The molecule has 1 saturated carbocycles. The molecule has 3 heterocycles. The van der Waals surface area contributed by atoms with E-state index in [2.05, 4.69) is 57.9 Å². The molecular formula is C34H42N8O3. The van der Waals surface area contributed by atoms with Crippen LogP contribution in [0.25, 0.3) is 28.3 Å². The summed E-state index contributed by atoms with van der Waals surface area (Å²) < 4.78 is 10.00. The van der Waals surface area contributed by atoms with Crippen LogP contribution in [0, 0.1) is 6.92 Å². The van der Waals surface area contributed by atoms with E-state index in [1.165, 1.54) is 0 Å². The van der Waals surface area contributed by atoms with Gasteiger partial charge < -0.3 is 9.84 Å². The standard InChI is InChI=1S/C34H42N8O3/c1-6-9-30-29(20-23-12-14-24(15-13-23)27-10-7-8-11-28(27)31-36-39-40-37-31)32(43)41(33-35-22(3)38-42(30)33)25-16-18-26(19-17-25)45-21(2)34(4,5)44/h7-8,10-15,21,25-26,44H,6,9,16-20H2,1-5H3,(H,36,37,39,40)/t21?,25-,26-. The van der Waals surface area contributed by atoms with Gasteiger partial charge in [-0.2, -0.15) is 10.1 Å². The maximum atomic E-state index is 14.4. The van der Waals surface area contributed by atoms with Crippen LogP contribution in [0.2, 0.25) is 0 Å². The summed E-state index contributed by atoms with van der Waals surface area (Å²) in [6.07, 6.45) is 5.13. The number of benzene rings is 2. The molecule has 11 nitrogen and oxygen atoms in total. The minimum atomic E-state index is -0.904. The number of fused-ring (bicyclic) bond motifs is 1. The first-order valence-corrected chi connectivity index (χ1v) is 15.9. The quantitative estimate of drug-likeness (QED) is 0.219. The van der Waals surface area contributed by atoms with Crippen molar-refractivity contribution in [1.82, 2.24) is 39.8 Å². The molecule has 0 saturated heterocycles. The number of hydrogen-bond acceptors (Lipinski definition) is 8. The van der Waals surface area contributed by atoms with Crippen molar-refractivity contribution in [2.75, 3.05) is 0 Å². The second kappa shape index (κ2) is 12.6. The van der Waals surface area contributed by atoms with E-state index in [0.29, 0.717) is 23.8 Å². The highest BCUT2D eigenvalue weighted by Crippen LogP contribution is 2.33. The first-order chi connectivity index (χ1) is 21.6. The number of nitrogens with zero attached hydrogens (tertiary/aromatic N) is 7. The van der Waals surface area contributed by atoms with Crippen LogP contribution in [0.3, 0.4) is 0 Å². The second-order valence-electron chi connectivity index (χ2n) is 12.8. The molecule has 1 aliphatic rings. The van der Waals surface area contributed by atoms with Crippen LogP contribution in [-0.4, -0.2) is 62.7 Å². The number of nitrogens with one attached hydrogen (secondary N) is 1. The Hall–Kier alpha value is -4.22. The summed E-state index contributed by atoms with van der Waals surface area (Å²) in [5.41, 5.74) is 4.84. The number of aromatic amines is 1. The fourth-order valence-electron chi connectivity index (χ4n) is 6.34. The Morgan fingerprint density at radius 1 is 1.07 bits per heavy atom. The average molecular weight is 611 g/mol. The third kappa shape index (κ3) is 6.32. The van der Waals surface area contributed by atoms with Crippen molar-refractivity contribution in [2.24, 2.45) is 0 Å². The molecule has 0 radical (unpaired) electrons. The summed E-state index contributed by atoms with van der Waals surface area (Å²) in [6.45, 7) is 9.46. The summed E-state index contributed by atoms with van der Waals surface area (Å²) in [4.78, 5) is 19.2. The van der Waals surface area contributed by atoms with Gasteiger partial charge in [0.25, 0.3) is 5.56 Å². The smallest absolute Gasteiger partial charge is 0.259 e. The van der Waals surface area contributed by atoms with Gasteiger partial charge in [0.2, 0.25) is 5.78 Å². The van der Waals surface area contributed by atoms with Crippen molar-refractivity contribution in [3.63, 3.8) is 0 Å². The van der Waals surface area contributed by atoms with Crippen molar-refractivity contribution in [3.05, 3.63) is 81.5 Å². The van der Waals surface area contributed by atoms with E-state index in [9.17, 15) is 9.90 Å². The zero-order chi connectivity index (χ0) is 31.7. The van der Waals surface area contributed by atoms with Crippen LogP contribution < -0.4 is 5.56 Å². The lowest BCUT2D eigenvalue weighted by molar-refractivity contribution is -0.118. The van der Waals surface area contributed by atoms with E-state index in [-0.39, 0.29) is 23.8 Å². The van der Waals surface area contributed by atoms with Crippen molar-refractivity contribution >= 4 is 5.78 Å². The Morgan fingerprint density at radius 2 is 1.78 bits per heavy atom. The Balaban J connectivity index is 1.32. The maximum absolute atomic E-state index is 14.4. The van der Waals surface area contributed by atoms with Gasteiger partial charge in [0, 0.05) is 23.6 Å². The van der Waals surface area contributed by atoms with Crippen LogP contribution in [-0.2, 0) is 17.6 Å². The number of rotatable bonds is 10. The number of ether oxygens (including phenoxy) is 1. The number of H-pyrrole nitrogens is 1. The highest BCUT2D eigenvalue weighted by atomic mass is 16.5. The lowest BCUT2D eigenvalue weighted by atomic mass is 9.91. The van der Waals surface area contributed by atoms with Crippen LogP contribution >= 0.6 is 0 Å². The monoisotopic (exact) mass is 610 g/mol. The molecule has 45 heavy (non-hydrogen) atoms. The Bertz CT molecular complexity index is 1810. The fourth-order valence-corrected chi connectivity index (χ4v) is 6.34. The predicted molar refractivity (Wildman–Crippen MR) is 172 cm³/mol. The van der Waals surface area contributed by atoms with Gasteiger partial charge in [-0.3, -0.25) is 9.36 Å². The van der Waals surface area contributed by atoms with E-state index >= 15 is 0 Å². The van der Waals surface area contributed by atoms with Gasteiger partial charge in [-0.25, -0.2) is 9.61 Å². The van der Waals surface area contributed by atoms with Gasteiger partial charge in [-0.05, 0) is 86.9 Å². The minimum Gasteiger partial charge on any atom is -0.388 e. The number of aliphatic hydroxyl groups is 1. The summed E-state index contributed by atoms with van der Waals surface area (Å²) in [7, 11) is 0. The molecule has 0 aliphatic heterocycles.